The molecule has 1 fully saturated rings. The second-order valence-corrected chi connectivity index (χ2v) is 6.67. The summed E-state index contributed by atoms with van der Waals surface area (Å²) in [5.41, 5.74) is 0. The molecule has 7 heteroatoms. The number of carboxylic acid groups (broad SMARTS) is 1. The van der Waals surface area contributed by atoms with Gasteiger partial charge in [-0.25, -0.2) is 0 Å². The Kier molecular flexibility index (Phi) is 6.22. The summed E-state index contributed by atoms with van der Waals surface area (Å²) in [6, 6.07) is -0.171. The van der Waals surface area contributed by atoms with E-state index in [0.29, 0.717) is 26.1 Å². The van der Waals surface area contributed by atoms with E-state index in [9.17, 15) is 13.2 Å². The highest BCUT2D eigenvalue weighted by atomic mass is 32.2. The summed E-state index contributed by atoms with van der Waals surface area (Å²) < 4.78 is 28.0. The zero-order valence-corrected chi connectivity index (χ0v) is 12.5. The van der Waals surface area contributed by atoms with Crippen molar-refractivity contribution in [3.05, 3.63) is 0 Å². The van der Waals surface area contributed by atoms with Crippen molar-refractivity contribution in [3.8, 4) is 0 Å². The van der Waals surface area contributed by atoms with E-state index < -0.39 is 16.2 Å². The average Bonchev–Trinajstić information content (AvgIpc) is 2.37. The molecular weight excluding hydrogens is 268 g/mol. The zero-order valence-electron chi connectivity index (χ0n) is 11.7. The quantitative estimate of drug-likeness (QED) is 0.767. The van der Waals surface area contributed by atoms with Crippen molar-refractivity contribution in [2.24, 2.45) is 0 Å². The van der Waals surface area contributed by atoms with Gasteiger partial charge in [-0.3, -0.25) is 4.79 Å². The minimum absolute atomic E-state index is 0.0228. The molecule has 0 saturated carbocycles. The van der Waals surface area contributed by atoms with Crippen molar-refractivity contribution in [1.82, 2.24) is 8.61 Å². The number of aliphatic carboxylic acids is 1. The molecule has 0 aromatic rings. The first-order chi connectivity index (χ1) is 8.93. The Morgan fingerprint density at radius 3 is 2.47 bits per heavy atom. The molecule has 0 spiro atoms. The predicted octanol–water partition coefficient (Wildman–Crippen LogP) is 1.29. The monoisotopic (exact) mass is 292 g/mol. The molecule has 1 aliphatic heterocycles. The standard InChI is InChI=1S/C12H24N2O4S/c1-3-13(4-2)19(17,18)14-10-6-5-7-11(14)8-9-12(15)16/h11H,3-10H2,1-2H3,(H,15,16). The van der Waals surface area contributed by atoms with E-state index in [1.807, 2.05) is 13.8 Å². The largest absolute Gasteiger partial charge is 0.481 e. The van der Waals surface area contributed by atoms with Crippen LogP contribution >= 0.6 is 0 Å². The molecule has 1 N–H and O–H groups in total. The van der Waals surface area contributed by atoms with Crippen molar-refractivity contribution in [2.75, 3.05) is 19.6 Å². The molecule has 0 amide bonds. The van der Waals surface area contributed by atoms with Gasteiger partial charge in [-0.1, -0.05) is 20.3 Å². The number of piperidine rings is 1. The maximum absolute atomic E-state index is 12.5. The highest BCUT2D eigenvalue weighted by Gasteiger charge is 2.35. The molecule has 1 saturated heterocycles. The minimum Gasteiger partial charge on any atom is -0.481 e. The normalized spacial score (nSPS) is 21.7. The molecule has 1 heterocycles. The Labute approximate surface area is 115 Å². The minimum atomic E-state index is -3.45. The lowest BCUT2D eigenvalue weighted by Crippen LogP contribution is -2.50. The molecule has 0 aliphatic carbocycles. The van der Waals surface area contributed by atoms with Crippen molar-refractivity contribution in [1.29, 1.82) is 0 Å². The zero-order chi connectivity index (χ0) is 14.5. The highest BCUT2D eigenvalue weighted by molar-refractivity contribution is 7.86. The van der Waals surface area contributed by atoms with E-state index in [2.05, 4.69) is 0 Å². The van der Waals surface area contributed by atoms with Crippen LogP contribution in [-0.2, 0) is 15.0 Å². The molecule has 0 aromatic carbocycles. The van der Waals surface area contributed by atoms with Gasteiger partial charge in [0, 0.05) is 32.1 Å². The van der Waals surface area contributed by atoms with Crippen LogP contribution in [0.2, 0.25) is 0 Å². The smallest absolute Gasteiger partial charge is 0.303 e. The lowest BCUT2D eigenvalue weighted by molar-refractivity contribution is -0.137. The molecule has 1 rings (SSSR count). The third kappa shape index (κ3) is 4.15. The summed E-state index contributed by atoms with van der Waals surface area (Å²) in [5.74, 6) is -0.870. The van der Waals surface area contributed by atoms with Gasteiger partial charge >= 0.3 is 5.97 Å². The molecule has 0 aromatic heterocycles. The van der Waals surface area contributed by atoms with E-state index in [0.717, 1.165) is 19.3 Å². The maximum atomic E-state index is 12.5. The van der Waals surface area contributed by atoms with Crippen LogP contribution in [0.25, 0.3) is 0 Å². The van der Waals surface area contributed by atoms with Crippen molar-refractivity contribution < 1.29 is 18.3 Å². The van der Waals surface area contributed by atoms with Gasteiger partial charge in [0.1, 0.15) is 0 Å². The van der Waals surface area contributed by atoms with Gasteiger partial charge in [-0.2, -0.15) is 17.0 Å². The Bertz CT molecular complexity index is 393. The summed E-state index contributed by atoms with van der Waals surface area (Å²) in [4.78, 5) is 10.7. The Morgan fingerprint density at radius 1 is 1.32 bits per heavy atom. The molecule has 0 bridgehead atoms. The van der Waals surface area contributed by atoms with Crippen LogP contribution in [0.1, 0.15) is 46.0 Å². The van der Waals surface area contributed by atoms with Crippen LogP contribution < -0.4 is 0 Å². The summed E-state index contributed by atoms with van der Waals surface area (Å²) in [5, 5.41) is 8.76. The number of hydrogen-bond acceptors (Lipinski definition) is 3. The number of nitrogens with zero attached hydrogens (tertiary/aromatic N) is 2. The fraction of sp³-hybridized carbons (Fsp3) is 0.917. The maximum Gasteiger partial charge on any atom is 0.303 e. The van der Waals surface area contributed by atoms with E-state index in [1.54, 1.807) is 0 Å². The van der Waals surface area contributed by atoms with Crippen molar-refractivity contribution >= 4 is 16.2 Å². The summed E-state index contributed by atoms with van der Waals surface area (Å²) >= 11 is 0. The van der Waals surface area contributed by atoms with Crippen LogP contribution in [0.15, 0.2) is 0 Å². The molecule has 0 radical (unpaired) electrons. The number of carboxylic acids is 1. The van der Waals surface area contributed by atoms with Gasteiger partial charge in [0.25, 0.3) is 10.2 Å². The molecule has 19 heavy (non-hydrogen) atoms. The number of hydrogen-bond donors (Lipinski definition) is 1. The van der Waals surface area contributed by atoms with Gasteiger partial charge in [-0.15, -0.1) is 0 Å². The molecule has 6 nitrogen and oxygen atoms in total. The predicted molar refractivity (Wildman–Crippen MR) is 73.1 cm³/mol. The number of rotatable bonds is 7. The molecule has 1 unspecified atom stereocenters. The van der Waals surface area contributed by atoms with Crippen LogP contribution in [0.5, 0.6) is 0 Å². The first kappa shape index (κ1) is 16.4. The van der Waals surface area contributed by atoms with Gasteiger partial charge in [-0.05, 0) is 19.3 Å². The van der Waals surface area contributed by atoms with Crippen LogP contribution in [-0.4, -0.2) is 53.8 Å². The second-order valence-electron chi connectivity index (χ2n) is 4.78. The topological polar surface area (TPSA) is 77.9 Å². The molecule has 1 aliphatic rings. The van der Waals surface area contributed by atoms with Gasteiger partial charge < -0.3 is 5.11 Å². The van der Waals surface area contributed by atoms with Gasteiger partial charge in [0.2, 0.25) is 0 Å². The first-order valence-electron chi connectivity index (χ1n) is 6.92. The third-order valence-electron chi connectivity index (χ3n) is 3.59. The fourth-order valence-electron chi connectivity index (χ4n) is 2.55. The van der Waals surface area contributed by atoms with Crippen molar-refractivity contribution in [2.45, 2.75) is 52.0 Å². The van der Waals surface area contributed by atoms with Gasteiger partial charge in [0.05, 0.1) is 0 Å². The van der Waals surface area contributed by atoms with E-state index in [-0.39, 0.29) is 12.5 Å². The fourth-order valence-corrected chi connectivity index (χ4v) is 4.45. The number of carbonyl (C=O) groups is 1. The SMILES string of the molecule is CCN(CC)S(=O)(=O)N1CCCCC1CCC(=O)O. The lowest BCUT2D eigenvalue weighted by atomic mass is 10.0. The lowest BCUT2D eigenvalue weighted by Gasteiger charge is -2.37. The second kappa shape index (κ2) is 7.21. The van der Waals surface area contributed by atoms with Crippen LogP contribution in [0, 0.1) is 0 Å². The average molecular weight is 292 g/mol. The van der Waals surface area contributed by atoms with Crippen molar-refractivity contribution in [3.63, 3.8) is 0 Å². The molecule has 112 valence electrons. The summed E-state index contributed by atoms with van der Waals surface area (Å²) in [6.45, 7) is 5.03. The summed E-state index contributed by atoms with van der Waals surface area (Å²) in [7, 11) is -3.45. The molecular formula is C12H24N2O4S. The first-order valence-corrected chi connectivity index (χ1v) is 8.31. The third-order valence-corrected chi connectivity index (χ3v) is 5.83. The van der Waals surface area contributed by atoms with E-state index >= 15 is 0 Å². The summed E-state index contributed by atoms with van der Waals surface area (Å²) in [6.07, 6.45) is 3.00. The Hall–Kier alpha value is -0.660. The van der Waals surface area contributed by atoms with Crippen LogP contribution in [0.3, 0.4) is 0 Å². The van der Waals surface area contributed by atoms with E-state index in [4.69, 9.17) is 5.11 Å². The highest BCUT2D eigenvalue weighted by Crippen LogP contribution is 2.25. The Balaban J connectivity index is 2.83. The van der Waals surface area contributed by atoms with E-state index in [1.165, 1.54) is 8.61 Å². The van der Waals surface area contributed by atoms with Gasteiger partial charge in [0.15, 0.2) is 0 Å². The van der Waals surface area contributed by atoms with Crippen LogP contribution in [0.4, 0.5) is 0 Å². The molecule has 1 atom stereocenters. The Morgan fingerprint density at radius 2 is 1.95 bits per heavy atom.